The third-order valence-corrected chi connectivity index (χ3v) is 4.83. The number of rotatable bonds is 3. The summed E-state index contributed by atoms with van der Waals surface area (Å²) in [6, 6.07) is 3.90. The highest BCUT2D eigenvalue weighted by atomic mass is 16.1. The van der Waals surface area contributed by atoms with Crippen molar-refractivity contribution in [1.29, 1.82) is 0 Å². The van der Waals surface area contributed by atoms with E-state index in [0.29, 0.717) is 18.2 Å². The van der Waals surface area contributed by atoms with Crippen molar-refractivity contribution in [2.45, 2.75) is 32.2 Å². The van der Waals surface area contributed by atoms with E-state index in [2.05, 4.69) is 25.2 Å². The molecule has 0 aromatic carbocycles. The molecule has 0 bridgehead atoms. The normalized spacial score (nSPS) is 16.6. The summed E-state index contributed by atoms with van der Waals surface area (Å²) in [7, 11) is 1.76. The van der Waals surface area contributed by atoms with E-state index < -0.39 is 0 Å². The molecule has 3 aromatic rings. The largest absolute Gasteiger partial charge is 0.315 e. The quantitative estimate of drug-likeness (QED) is 0.705. The lowest BCUT2D eigenvalue weighted by atomic mass is 9.96. The zero-order chi connectivity index (χ0) is 17.4. The molecule has 0 aliphatic carbocycles. The number of hydrogen-bond acceptors (Lipinski definition) is 6. The molecule has 0 N–H and O–H groups in total. The molecule has 0 radical (unpaired) electrons. The van der Waals surface area contributed by atoms with Crippen LogP contribution in [0.3, 0.4) is 0 Å². The minimum atomic E-state index is -0.0206. The van der Waals surface area contributed by atoms with Gasteiger partial charge in [-0.05, 0) is 45.0 Å². The second-order valence-corrected chi connectivity index (χ2v) is 6.64. The Balaban J connectivity index is 1.47. The predicted molar refractivity (Wildman–Crippen MR) is 92.2 cm³/mol. The van der Waals surface area contributed by atoms with Crippen LogP contribution in [0.15, 0.2) is 29.3 Å². The first kappa shape index (κ1) is 15.9. The van der Waals surface area contributed by atoms with Crippen molar-refractivity contribution in [3.8, 4) is 0 Å². The average Bonchev–Trinajstić information content (AvgIpc) is 3.03. The molecule has 0 atom stereocenters. The van der Waals surface area contributed by atoms with Gasteiger partial charge in [-0.2, -0.15) is 9.61 Å². The van der Waals surface area contributed by atoms with Gasteiger partial charge in [-0.25, -0.2) is 0 Å². The standard InChI is InChI=1S/C17H21N7O/c1-12-3-4-15-19-20-16(24(15)21-12)13-5-8-23(9-6-13)11-14-17(25)22(2)10-7-18-14/h3-4,7,10,13H,5-6,8-9,11H2,1-2H3. The van der Waals surface area contributed by atoms with Crippen LogP contribution in [0.5, 0.6) is 0 Å². The van der Waals surface area contributed by atoms with Crippen molar-refractivity contribution in [1.82, 2.24) is 34.3 Å². The van der Waals surface area contributed by atoms with Gasteiger partial charge in [0.1, 0.15) is 5.69 Å². The first-order valence-electron chi connectivity index (χ1n) is 8.53. The number of nitrogens with zero attached hydrogens (tertiary/aromatic N) is 7. The summed E-state index contributed by atoms with van der Waals surface area (Å²) < 4.78 is 3.44. The Morgan fingerprint density at radius 3 is 2.80 bits per heavy atom. The van der Waals surface area contributed by atoms with Gasteiger partial charge < -0.3 is 4.57 Å². The molecule has 3 aromatic heterocycles. The fourth-order valence-corrected chi connectivity index (χ4v) is 3.37. The molecule has 1 saturated heterocycles. The number of hydrogen-bond donors (Lipinski definition) is 0. The topological polar surface area (TPSA) is 81.2 Å². The van der Waals surface area contributed by atoms with Gasteiger partial charge in [0.15, 0.2) is 11.5 Å². The SMILES string of the molecule is Cc1ccc2nnc(C3CCN(Cc4nccn(C)c4=O)CC3)n2n1. The Hall–Kier alpha value is -2.61. The third-order valence-electron chi connectivity index (χ3n) is 4.83. The lowest BCUT2D eigenvalue weighted by molar-refractivity contribution is 0.197. The highest BCUT2D eigenvalue weighted by Crippen LogP contribution is 2.27. The van der Waals surface area contributed by atoms with Crippen LogP contribution in [0.4, 0.5) is 0 Å². The lowest BCUT2D eigenvalue weighted by Gasteiger charge is -2.30. The Kier molecular flexibility index (Phi) is 4.04. The maximum absolute atomic E-state index is 12.1. The summed E-state index contributed by atoms with van der Waals surface area (Å²) >= 11 is 0. The molecule has 1 aliphatic heterocycles. The van der Waals surface area contributed by atoms with Crippen LogP contribution < -0.4 is 5.56 Å². The van der Waals surface area contributed by atoms with Gasteiger partial charge in [0.25, 0.3) is 5.56 Å². The minimum Gasteiger partial charge on any atom is -0.315 e. The van der Waals surface area contributed by atoms with E-state index in [-0.39, 0.29) is 5.56 Å². The highest BCUT2D eigenvalue weighted by Gasteiger charge is 2.25. The number of piperidine rings is 1. The van der Waals surface area contributed by atoms with Crippen LogP contribution >= 0.6 is 0 Å². The number of fused-ring (bicyclic) bond motifs is 1. The zero-order valence-electron chi connectivity index (χ0n) is 14.5. The highest BCUT2D eigenvalue weighted by molar-refractivity contribution is 5.36. The van der Waals surface area contributed by atoms with E-state index in [4.69, 9.17) is 0 Å². The summed E-state index contributed by atoms with van der Waals surface area (Å²) in [5, 5.41) is 13.1. The molecule has 8 heteroatoms. The van der Waals surface area contributed by atoms with E-state index in [1.807, 2.05) is 23.6 Å². The molecule has 1 aliphatic rings. The minimum absolute atomic E-state index is 0.0206. The molecule has 1 fully saturated rings. The number of aryl methyl sites for hydroxylation is 2. The number of aromatic nitrogens is 6. The average molecular weight is 339 g/mol. The summed E-state index contributed by atoms with van der Waals surface area (Å²) in [5.74, 6) is 1.28. The molecule has 4 heterocycles. The summed E-state index contributed by atoms with van der Waals surface area (Å²) in [4.78, 5) is 18.6. The smallest absolute Gasteiger partial charge is 0.273 e. The second-order valence-electron chi connectivity index (χ2n) is 6.64. The molecule has 4 rings (SSSR count). The van der Waals surface area contributed by atoms with E-state index in [0.717, 1.165) is 43.1 Å². The van der Waals surface area contributed by atoms with Crippen molar-refractivity contribution in [2.75, 3.05) is 13.1 Å². The third kappa shape index (κ3) is 3.05. The van der Waals surface area contributed by atoms with Gasteiger partial charge in [0, 0.05) is 31.9 Å². The van der Waals surface area contributed by atoms with Crippen LogP contribution in [0.2, 0.25) is 0 Å². The van der Waals surface area contributed by atoms with E-state index in [1.165, 1.54) is 0 Å². The van der Waals surface area contributed by atoms with Crippen molar-refractivity contribution in [3.63, 3.8) is 0 Å². The van der Waals surface area contributed by atoms with Crippen LogP contribution in [0.25, 0.3) is 5.65 Å². The van der Waals surface area contributed by atoms with Crippen LogP contribution in [-0.4, -0.2) is 47.4 Å². The van der Waals surface area contributed by atoms with Crippen molar-refractivity contribution in [3.05, 3.63) is 52.1 Å². The predicted octanol–water partition coefficient (Wildman–Crippen LogP) is 0.906. The second kappa shape index (κ2) is 6.36. The molecule has 8 nitrogen and oxygen atoms in total. The first-order chi connectivity index (χ1) is 12.1. The van der Waals surface area contributed by atoms with E-state index >= 15 is 0 Å². The van der Waals surface area contributed by atoms with E-state index in [9.17, 15) is 4.79 Å². The van der Waals surface area contributed by atoms with Gasteiger partial charge in [-0.15, -0.1) is 10.2 Å². The first-order valence-corrected chi connectivity index (χ1v) is 8.53. The lowest BCUT2D eigenvalue weighted by Crippen LogP contribution is -2.36. The van der Waals surface area contributed by atoms with Crippen LogP contribution in [-0.2, 0) is 13.6 Å². The summed E-state index contributed by atoms with van der Waals surface area (Å²) in [5.41, 5.74) is 2.33. The van der Waals surface area contributed by atoms with Gasteiger partial charge in [-0.1, -0.05) is 0 Å². The van der Waals surface area contributed by atoms with E-state index in [1.54, 1.807) is 24.0 Å². The van der Waals surface area contributed by atoms with Gasteiger partial charge in [0.2, 0.25) is 0 Å². The Bertz CT molecular complexity index is 953. The maximum Gasteiger partial charge on any atom is 0.273 e. The molecule has 0 unspecified atom stereocenters. The molecule has 25 heavy (non-hydrogen) atoms. The zero-order valence-corrected chi connectivity index (χ0v) is 14.5. The molecule has 130 valence electrons. The molecular formula is C17H21N7O. The Morgan fingerprint density at radius 2 is 2.00 bits per heavy atom. The summed E-state index contributed by atoms with van der Waals surface area (Å²) in [6.45, 7) is 4.38. The Morgan fingerprint density at radius 1 is 1.20 bits per heavy atom. The molecular weight excluding hydrogens is 318 g/mol. The number of likely N-dealkylation sites (tertiary alicyclic amines) is 1. The fourth-order valence-electron chi connectivity index (χ4n) is 3.37. The van der Waals surface area contributed by atoms with Gasteiger partial charge in [0.05, 0.1) is 5.69 Å². The monoisotopic (exact) mass is 339 g/mol. The van der Waals surface area contributed by atoms with Crippen molar-refractivity contribution in [2.24, 2.45) is 7.05 Å². The van der Waals surface area contributed by atoms with Crippen molar-refractivity contribution >= 4 is 5.65 Å². The van der Waals surface area contributed by atoms with Gasteiger partial charge >= 0.3 is 0 Å². The maximum atomic E-state index is 12.1. The van der Waals surface area contributed by atoms with Crippen molar-refractivity contribution < 1.29 is 0 Å². The van der Waals surface area contributed by atoms with Gasteiger partial charge in [-0.3, -0.25) is 14.7 Å². The van der Waals surface area contributed by atoms with Crippen LogP contribution in [0, 0.1) is 6.92 Å². The fraction of sp³-hybridized carbons (Fsp3) is 0.471. The summed E-state index contributed by atoms with van der Waals surface area (Å²) in [6.07, 6.45) is 5.32. The molecule has 0 saturated carbocycles. The van der Waals surface area contributed by atoms with Crippen LogP contribution in [0.1, 0.15) is 36.0 Å². The molecule has 0 amide bonds. The molecule has 0 spiro atoms. The Labute approximate surface area is 145 Å².